The zero-order valence-electron chi connectivity index (χ0n) is 10.7. The Morgan fingerprint density at radius 1 is 1.44 bits per heavy atom. The summed E-state index contributed by atoms with van der Waals surface area (Å²) in [5.74, 6) is -0.840. The molecule has 1 atom stereocenters. The van der Waals surface area contributed by atoms with E-state index in [0.717, 1.165) is 10.4 Å². The third kappa shape index (κ3) is 3.08. The van der Waals surface area contributed by atoms with Crippen LogP contribution in [0.2, 0.25) is 0 Å². The van der Waals surface area contributed by atoms with E-state index in [4.69, 9.17) is 10.00 Å². The molecule has 6 heteroatoms. The lowest BCUT2D eigenvalue weighted by molar-refractivity contribution is -0.114. The molecule has 0 unspecified atom stereocenters. The number of carbonyl (C=O) groups is 2. The van der Waals surface area contributed by atoms with Gasteiger partial charge in [0.05, 0.1) is 5.56 Å². The largest absolute Gasteiger partial charge is 0.444 e. The molecule has 0 bridgehead atoms. The number of amides is 1. The SMILES string of the molecule is CC(=O)Nc1sc(C)c(C)c1C(=O)O[C@H](C)C#N. The van der Waals surface area contributed by atoms with Gasteiger partial charge in [-0.25, -0.2) is 4.79 Å². The normalized spacial score (nSPS) is 11.5. The van der Waals surface area contributed by atoms with E-state index in [1.54, 1.807) is 6.92 Å². The maximum atomic E-state index is 11.9. The van der Waals surface area contributed by atoms with E-state index in [1.165, 1.54) is 25.2 Å². The number of ether oxygens (including phenoxy) is 1. The quantitative estimate of drug-likeness (QED) is 0.852. The van der Waals surface area contributed by atoms with Crippen molar-refractivity contribution >= 4 is 28.2 Å². The minimum atomic E-state index is -0.817. The highest BCUT2D eigenvalue weighted by Gasteiger charge is 2.22. The van der Waals surface area contributed by atoms with Gasteiger partial charge in [0.15, 0.2) is 6.10 Å². The first-order valence-corrected chi connectivity index (χ1v) is 6.16. The molecule has 0 aromatic carbocycles. The van der Waals surface area contributed by atoms with Crippen LogP contribution in [-0.4, -0.2) is 18.0 Å². The van der Waals surface area contributed by atoms with Gasteiger partial charge in [-0.05, 0) is 26.3 Å². The molecule has 0 fully saturated rings. The molecular weight excluding hydrogens is 252 g/mol. The van der Waals surface area contributed by atoms with E-state index < -0.39 is 12.1 Å². The summed E-state index contributed by atoms with van der Waals surface area (Å²) in [7, 11) is 0. The Morgan fingerprint density at radius 3 is 2.56 bits per heavy atom. The molecule has 1 aromatic heterocycles. The number of hydrogen-bond acceptors (Lipinski definition) is 5. The van der Waals surface area contributed by atoms with Gasteiger partial charge in [-0.2, -0.15) is 5.26 Å². The third-order valence-corrected chi connectivity index (χ3v) is 3.47. The van der Waals surface area contributed by atoms with Crippen LogP contribution in [0.5, 0.6) is 0 Å². The lowest BCUT2D eigenvalue weighted by Gasteiger charge is -2.08. The van der Waals surface area contributed by atoms with E-state index in [9.17, 15) is 9.59 Å². The number of rotatable bonds is 3. The van der Waals surface area contributed by atoms with E-state index in [0.29, 0.717) is 10.6 Å². The first kappa shape index (κ1) is 14.2. The van der Waals surface area contributed by atoms with Crippen LogP contribution in [0.1, 0.15) is 34.6 Å². The average Bonchev–Trinajstić information content (AvgIpc) is 2.53. The lowest BCUT2D eigenvalue weighted by atomic mass is 10.1. The Bertz CT molecular complexity index is 528. The van der Waals surface area contributed by atoms with Crippen LogP contribution in [0, 0.1) is 25.2 Å². The molecule has 0 aliphatic heterocycles. The smallest absolute Gasteiger partial charge is 0.342 e. The molecule has 1 aromatic rings. The highest BCUT2D eigenvalue weighted by atomic mass is 32.1. The van der Waals surface area contributed by atoms with Gasteiger partial charge in [0.2, 0.25) is 5.91 Å². The molecule has 1 amide bonds. The van der Waals surface area contributed by atoms with Gasteiger partial charge in [-0.15, -0.1) is 11.3 Å². The zero-order valence-corrected chi connectivity index (χ0v) is 11.5. The first-order valence-electron chi connectivity index (χ1n) is 5.35. The number of carbonyl (C=O) groups excluding carboxylic acids is 2. The predicted molar refractivity (Wildman–Crippen MR) is 68.6 cm³/mol. The number of hydrogen-bond donors (Lipinski definition) is 1. The molecule has 5 nitrogen and oxygen atoms in total. The highest BCUT2D eigenvalue weighted by molar-refractivity contribution is 7.16. The van der Waals surface area contributed by atoms with Crippen LogP contribution < -0.4 is 5.32 Å². The van der Waals surface area contributed by atoms with Gasteiger partial charge >= 0.3 is 5.97 Å². The molecule has 0 saturated carbocycles. The van der Waals surface area contributed by atoms with E-state index >= 15 is 0 Å². The fraction of sp³-hybridized carbons (Fsp3) is 0.417. The van der Waals surface area contributed by atoms with E-state index in [1.807, 2.05) is 13.0 Å². The molecule has 96 valence electrons. The second-order valence-electron chi connectivity index (χ2n) is 3.85. The Hall–Kier alpha value is -1.87. The van der Waals surface area contributed by atoms with Gasteiger partial charge in [0.1, 0.15) is 11.1 Å². The molecule has 0 aliphatic rings. The van der Waals surface area contributed by atoms with Crippen molar-refractivity contribution in [2.24, 2.45) is 0 Å². The summed E-state index contributed by atoms with van der Waals surface area (Å²) in [5.41, 5.74) is 1.09. The molecule has 1 heterocycles. The molecule has 1 rings (SSSR count). The van der Waals surface area contributed by atoms with Gasteiger partial charge in [-0.1, -0.05) is 0 Å². The minimum Gasteiger partial charge on any atom is -0.444 e. The van der Waals surface area contributed by atoms with Crippen LogP contribution in [0.15, 0.2) is 0 Å². The Morgan fingerprint density at radius 2 is 2.06 bits per heavy atom. The average molecular weight is 266 g/mol. The van der Waals surface area contributed by atoms with Crippen LogP contribution in [-0.2, 0) is 9.53 Å². The molecule has 18 heavy (non-hydrogen) atoms. The van der Waals surface area contributed by atoms with Crippen molar-refractivity contribution in [3.63, 3.8) is 0 Å². The van der Waals surface area contributed by atoms with Crippen LogP contribution in [0.3, 0.4) is 0 Å². The van der Waals surface area contributed by atoms with Crippen molar-refractivity contribution in [2.75, 3.05) is 5.32 Å². The zero-order chi connectivity index (χ0) is 13.9. The molecular formula is C12H14N2O3S. The second kappa shape index (κ2) is 5.65. The topological polar surface area (TPSA) is 79.2 Å². The number of nitriles is 1. The summed E-state index contributed by atoms with van der Waals surface area (Å²) in [6.45, 7) is 6.50. The second-order valence-corrected chi connectivity index (χ2v) is 5.07. The minimum absolute atomic E-state index is 0.251. The first-order chi connectivity index (χ1) is 8.36. The number of aryl methyl sites for hydroxylation is 1. The van der Waals surface area contributed by atoms with Gasteiger partial charge in [-0.3, -0.25) is 4.79 Å². The fourth-order valence-corrected chi connectivity index (χ4v) is 2.46. The Balaban J connectivity index is 3.10. The van der Waals surface area contributed by atoms with Gasteiger partial charge in [0.25, 0.3) is 0 Å². The van der Waals surface area contributed by atoms with Crippen LogP contribution in [0.25, 0.3) is 0 Å². The van der Waals surface area contributed by atoms with Crippen molar-refractivity contribution in [1.82, 2.24) is 0 Å². The van der Waals surface area contributed by atoms with Crippen LogP contribution in [0.4, 0.5) is 5.00 Å². The summed E-state index contributed by atoms with van der Waals surface area (Å²) in [6, 6.07) is 1.83. The maximum Gasteiger partial charge on any atom is 0.342 e. The third-order valence-electron chi connectivity index (χ3n) is 2.34. The predicted octanol–water partition coefficient (Wildman–Crippen LogP) is 2.39. The van der Waals surface area contributed by atoms with Crippen molar-refractivity contribution < 1.29 is 14.3 Å². The van der Waals surface area contributed by atoms with Crippen molar-refractivity contribution in [3.05, 3.63) is 16.0 Å². The number of anilines is 1. The highest BCUT2D eigenvalue weighted by Crippen LogP contribution is 2.33. The summed E-state index contributed by atoms with van der Waals surface area (Å²) in [5, 5.41) is 11.7. The van der Waals surface area contributed by atoms with Crippen molar-refractivity contribution in [2.45, 2.75) is 33.8 Å². The number of esters is 1. The molecule has 0 spiro atoms. The lowest BCUT2D eigenvalue weighted by Crippen LogP contribution is -2.16. The standard InChI is InChI=1S/C12H14N2O3S/c1-6(5-13)17-12(16)10-7(2)8(3)18-11(10)14-9(4)15/h6H,1-4H3,(H,14,15)/t6-/m1/s1. The van der Waals surface area contributed by atoms with Crippen molar-refractivity contribution in [3.8, 4) is 6.07 Å². The van der Waals surface area contributed by atoms with Crippen molar-refractivity contribution in [1.29, 1.82) is 5.26 Å². The molecule has 0 radical (unpaired) electrons. The Labute approximate surface area is 109 Å². The van der Waals surface area contributed by atoms with Crippen LogP contribution >= 0.6 is 11.3 Å². The summed E-state index contributed by atoms with van der Waals surface area (Å²) < 4.78 is 4.96. The fourth-order valence-electron chi connectivity index (χ4n) is 1.37. The monoisotopic (exact) mass is 266 g/mol. The molecule has 0 saturated heterocycles. The van der Waals surface area contributed by atoms with Gasteiger partial charge < -0.3 is 10.1 Å². The van der Waals surface area contributed by atoms with E-state index in [-0.39, 0.29) is 5.91 Å². The summed E-state index contributed by atoms with van der Waals surface area (Å²) in [4.78, 5) is 23.9. The van der Waals surface area contributed by atoms with E-state index in [2.05, 4.69) is 5.32 Å². The number of nitrogens with zero attached hydrogens (tertiary/aromatic N) is 1. The van der Waals surface area contributed by atoms with Gasteiger partial charge in [0, 0.05) is 11.8 Å². The summed E-state index contributed by atoms with van der Waals surface area (Å²) in [6.07, 6.45) is -0.817. The molecule has 1 N–H and O–H groups in total. The number of nitrogens with one attached hydrogen (secondary N) is 1. The molecule has 0 aliphatic carbocycles. The Kier molecular flexibility index (Phi) is 4.45. The number of thiophene rings is 1. The maximum absolute atomic E-state index is 11.9. The summed E-state index contributed by atoms with van der Waals surface area (Å²) >= 11 is 1.32.